The highest BCUT2D eigenvalue weighted by Gasteiger charge is 2.08. The van der Waals surface area contributed by atoms with Crippen molar-refractivity contribution in [2.75, 3.05) is 25.6 Å². The molecular weight excluding hydrogens is 362 g/mol. The summed E-state index contributed by atoms with van der Waals surface area (Å²) in [5.41, 5.74) is 2.36. The molecule has 0 saturated heterocycles. The monoisotopic (exact) mass is 391 g/mol. The molecule has 0 aromatic heterocycles. The SMILES string of the molecule is COc1ccccc1OC(C)CNc1cccc(OCCCc2ccccc2)c1. The minimum Gasteiger partial charge on any atom is -0.494 e. The molecule has 0 spiro atoms. The van der Waals surface area contributed by atoms with Gasteiger partial charge in [0.05, 0.1) is 20.3 Å². The largest absolute Gasteiger partial charge is 0.494 e. The lowest BCUT2D eigenvalue weighted by atomic mass is 10.1. The van der Waals surface area contributed by atoms with Crippen LogP contribution in [-0.2, 0) is 6.42 Å². The van der Waals surface area contributed by atoms with E-state index in [9.17, 15) is 0 Å². The second kappa shape index (κ2) is 11.0. The van der Waals surface area contributed by atoms with Crippen molar-refractivity contribution in [2.24, 2.45) is 0 Å². The number of hydrogen-bond donors (Lipinski definition) is 1. The summed E-state index contributed by atoms with van der Waals surface area (Å²) in [5, 5.41) is 3.41. The second-order valence-corrected chi connectivity index (χ2v) is 6.93. The van der Waals surface area contributed by atoms with Crippen molar-refractivity contribution in [2.45, 2.75) is 25.9 Å². The van der Waals surface area contributed by atoms with Crippen LogP contribution in [0.15, 0.2) is 78.9 Å². The number of ether oxygens (including phenoxy) is 3. The van der Waals surface area contributed by atoms with E-state index in [1.54, 1.807) is 7.11 Å². The van der Waals surface area contributed by atoms with Crippen molar-refractivity contribution in [3.05, 3.63) is 84.4 Å². The van der Waals surface area contributed by atoms with E-state index >= 15 is 0 Å². The summed E-state index contributed by atoms with van der Waals surface area (Å²) in [7, 11) is 1.65. The van der Waals surface area contributed by atoms with Gasteiger partial charge in [0.1, 0.15) is 11.9 Å². The van der Waals surface area contributed by atoms with Gasteiger partial charge in [0.2, 0.25) is 0 Å². The normalized spacial score (nSPS) is 11.5. The van der Waals surface area contributed by atoms with Gasteiger partial charge in [0.15, 0.2) is 11.5 Å². The lowest BCUT2D eigenvalue weighted by molar-refractivity contribution is 0.223. The van der Waals surface area contributed by atoms with Gasteiger partial charge in [-0.3, -0.25) is 0 Å². The maximum absolute atomic E-state index is 5.99. The van der Waals surface area contributed by atoms with E-state index in [1.807, 2.05) is 61.5 Å². The molecule has 0 aliphatic carbocycles. The first-order chi connectivity index (χ1) is 14.2. The van der Waals surface area contributed by atoms with E-state index < -0.39 is 0 Å². The zero-order chi connectivity index (χ0) is 20.3. The van der Waals surface area contributed by atoms with E-state index in [0.717, 1.165) is 35.8 Å². The van der Waals surface area contributed by atoms with Crippen molar-refractivity contribution >= 4 is 5.69 Å². The molecule has 0 amide bonds. The predicted octanol–water partition coefficient (Wildman–Crippen LogP) is 5.59. The van der Waals surface area contributed by atoms with Crippen LogP contribution < -0.4 is 19.5 Å². The Labute approximate surface area is 173 Å². The van der Waals surface area contributed by atoms with Crippen LogP contribution in [0.5, 0.6) is 17.2 Å². The third kappa shape index (κ3) is 6.75. The molecule has 1 N–H and O–H groups in total. The van der Waals surface area contributed by atoms with Crippen LogP contribution >= 0.6 is 0 Å². The highest BCUT2D eigenvalue weighted by Crippen LogP contribution is 2.27. The molecule has 0 bridgehead atoms. The van der Waals surface area contributed by atoms with E-state index in [0.29, 0.717) is 13.2 Å². The van der Waals surface area contributed by atoms with Crippen molar-refractivity contribution in [1.29, 1.82) is 0 Å². The molecule has 0 aliphatic rings. The molecule has 4 heteroatoms. The number of methoxy groups -OCH3 is 1. The van der Waals surface area contributed by atoms with Crippen LogP contribution in [-0.4, -0.2) is 26.4 Å². The predicted molar refractivity (Wildman–Crippen MR) is 118 cm³/mol. The van der Waals surface area contributed by atoms with E-state index in [-0.39, 0.29) is 6.10 Å². The average molecular weight is 392 g/mol. The Bertz CT molecular complexity index is 867. The van der Waals surface area contributed by atoms with Gasteiger partial charge in [0, 0.05) is 11.8 Å². The van der Waals surface area contributed by atoms with Gasteiger partial charge < -0.3 is 19.5 Å². The van der Waals surface area contributed by atoms with Crippen molar-refractivity contribution in [3.8, 4) is 17.2 Å². The lowest BCUT2D eigenvalue weighted by Crippen LogP contribution is -2.22. The fourth-order valence-corrected chi connectivity index (χ4v) is 3.04. The third-order valence-electron chi connectivity index (χ3n) is 4.55. The third-order valence-corrected chi connectivity index (χ3v) is 4.55. The summed E-state index contributed by atoms with van der Waals surface area (Å²) in [6.07, 6.45) is 2.00. The molecule has 0 heterocycles. The molecule has 4 nitrogen and oxygen atoms in total. The van der Waals surface area contributed by atoms with Crippen molar-refractivity contribution in [1.82, 2.24) is 0 Å². The Hall–Kier alpha value is -3.14. The van der Waals surface area contributed by atoms with Gasteiger partial charge >= 0.3 is 0 Å². The summed E-state index contributed by atoms with van der Waals surface area (Å²) in [6.45, 7) is 3.41. The number of hydrogen-bond acceptors (Lipinski definition) is 4. The van der Waals surface area contributed by atoms with Crippen LogP contribution in [0.4, 0.5) is 5.69 Å². The Morgan fingerprint density at radius 3 is 2.41 bits per heavy atom. The van der Waals surface area contributed by atoms with Gasteiger partial charge in [-0.2, -0.15) is 0 Å². The van der Waals surface area contributed by atoms with Crippen LogP contribution in [0.25, 0.3) is 0 Å². The van der Waals surface area contributed by atoms with E-state index in [2.05, 4.69) is 29.6 Å². The molecule has 0 aliphatic heterocycles. The van der Waals surface area contributed by atoms with Crippen molar-refractivity contribution < 1.29 is 14.2 Å². The second-order valence-electron chi connectivity index (χ2n) is 6.93. The van der Waals surface area contributed by atoms with Gasteiger partial charge in [-0.15, -0.1) is 0 Å². The number of rotatable bonds is 11. The summed E-state index contributed by atoms with van der Waals surface area (Å²) in [4.78, 5) is 0. The zero-order valence-corrected chi connectivity index (χ0v) is 17.1. The molecular formula is C25H29NO3. The maximum Gasteiger partial charge on any atom is 0.161 e. The number of benzene rings is 3. The van der Waals surface area contributed by atoms with Crippen LogP contribution in [0.3, 0.4) is 0 Å². The van der Waals surface area contributed by atoms with Crippen LogP contribution in [0, 0.1) is 0 Å². The quantitative estimate of drug-likeness (QED) is 0.433. The Kier molecular flexibility index (Phi) is 7.81. The summed E-state index contributed by atoms with van der Waals surface area (Å²) in [6, 6.07) is 26.2. The summed E-state index contributed by atoms with van der Waals surface area (Å²) < 4.78 is 17.2. The highest BCUT2D eigenvalue weighted by atomic mass is 16.5. The van der Waals surface area contributed by atoms with Gasteiger partial charge in [-0.1, -0.05) is 48.5 Å². The topological polar surface area (TPSA) is 39.7 Å². The Morgan fingerprint density at radius 2 is 1.62 bits per heavy atom. The molecule has 152 valence electrons. The van der Waals surface area contributed by atoms with E-state index in [1.165, 1.54) is 5.56 Å². The summed E-state index contributed by atoms with van der Waals surface area (Å²) >= 11 is 0. The lowest BCUT2D eigenvalue weighted by Gasteiger charge is -2.18. The zero-order valence-electron chi connectivity index (χ0n) is 17.1. The molecule has 3 aromatic rings. The van der Waals surface area contributed by atoms with Crippen LogP contribution in [0.1, 0.15) is 18.9 Å². The first-order valence-electron chi connectivity index (χ1n) is 10.0. The molecule has 29 heavy (non-hydrogen) atoms. The number of nitrogens with one attached hydrogen (secondary N) is 1. The maximum atomic E-state index is 5.99. The molecule has 0 saturated carbocycles. The van der Waals surface area contributed by atoms with E-state index in [4.69, 9.17) is 14.2 Å². The number of para-hydroxylation sites is 2. The fourth-order valence-electron chi connectivity index (χ4n) is 3.04. The first-order valence-corrected chi connectivity index (χ1v) is 10.0. The summed E-state index contributed by atoms with van der Waals surface area (Å²) in [5.74, 6) is 2.37. The Morgan fingerprint density at radius 1 is 0.862 bits per heavy atom. The number of aryl methyl sites for hydroxylation is 1. The number of anilines is 1. The van der Waals surface area contributed by atoms with Gasteiger partial charge in [0.25, 0.3) is 0 Å². The van der Waals surface area contributed by atoms with Crippen LogP contribution in [0.2, 0.25) is 0 Å². The molecule has 3 aromatic carbocycles. The fraction of sp³-hybridized carbons (Fsp3) is 0.280. The standard InChI is InChI=1S/C25H29NO3/c1-20(29-25-16-7-6-15-24(25)27-2)19-26-22-13-8-14-23(18-22)28-17-9-12-21-10-4-3-5-11-21/h3-8,10-11,13-16,18,20,26H,9,12,17,19H2,1-2H3. The van der Waals surface area contributed by atoms with Gasteiger partial charge in [-0.25, -0.2) is 0 Å². The first kappa shape index (κ1) is 20.6. The van der Waals surface area contributed by atoms with Gasteiger partial charge in [-0.05, 0) is 49.6 Å². The van der Waals surface area contributed by atoms with Crippen molar-refractivity contribution in [3.63, 3.8) is 0 Å². The highest BCUT2D eigenvalue weighted by molar-refractivity contribution is 5.48. The molecule has 0 fully saturated rings. The Balaban J connectivity index is 1.43. The molecule has 1 unspecified atom stereocenters. The smallest absolute Gasteiger partial charge is 0.161 e. The minimum atomic E-state index is -0.0123. The molecule has 0 radical (unpaired) electrons. The minimum absolute atomic E-state index is 0.0123. The molecule has 1 atom stereocenters. The molecule has 3 rings (SSSR count). The average Bonchev–Trinajstić information content (AvgIpc) is 2.77.